The molecule has 1 unspecified atom stereocenters. The first-order valence-corrected chi connectivity index (χ1v) is 13.2. The molecular weight excluding hydrogens is 514 g/mol. The van der Waals surface area contributed by atoms with Crippen molar-refractivity contribution in [1.29, 1.82) is 0 Å². The molecule has 0 heterocycles. The quantitative estimate of drug-likeness (QED) is 0.118. The van der Waals surface area contributed by atoms with E-state index in [1.807, 2.05) is 45.0 Å². The molecule has 1 saturated carbocycles. The molecule has 13 heteroatoms. The first-order chi connectivity index (χ1) is 18.5. The third-order valence-electron chi connectivity index (χ3n) is 6.39. The van der Waals surface area contributed by atoms with Crippen LogP contribution >= 0.6 is 0 Å². The highest BCUT2D eigenvalue weighted by Crippen LogP contribution is 2.38. The van der Waals surface area contributed by atoms with Gasteiger partial charge in [0.2, 0.25) is 5.91 Å². The van der Waals surface area contributed by atoms with Crippen LogP contribution in [0.3, 0.4) is 0 Å². The molecule has 2 rings (SSSR count). The standard InChI is InChI=1S/C26H39N3O10/c1-26(2,3)27(24(30)14-8-16-37-28(32)33)18-21(39-25(31)15-9-17-38-29(34)35)19-36-23-13-7-6-12-22(23)20-10-4-5-11-20/h6-7,12-13,20-21H,4-5,8-11,14-19H2,1-3H3. The summed E-state index contributed by atoms with van der Waals surface area (Å²) in [5, 5.41) is 18.9. The van der Waals surface area contributed by atoms with Crippen molar-refractivity contribution in [2.45, 2.75) is 89.7 Å². The highest BCUT2D eigenvalue weighted by molar-refractivity contribution is 5.77. The van der Waals surface area contributed by atoms with Gasteiger partial charge in [-0.2, -0.15) is 0 Å². The number of ether oxygens (including phenoxy) is 2. The number of rotatable bonds is 17. The summed E-state index contributed by atoms with van der Waals surface area (Å²) >= 11 is 0. The molecule has 1 aliphatic carbocycles. The zero-order chi connectivity index (χ0) is 28.8. The number of esters is 1. The van der Waals surface area contributed by atoms with Gasteiger partial charge in [0, 0.05) is 18.4 Å². The Labute approximate surface area is 227 Å². The zero-order valence-corrected chi connectivity index (χ0v) is 22.9. The van der Waals surface area contributed by atoms with Gasteiger partial charge in [-0.25, -0.2) is 0 Å². The number of para-hydroxylation sites is 1. The lowest BCUT2D eigenvalue weighted by molar-refractivity contribution is -0.757. The number of carbonyl (C=O) groups excluding carboxylic acids is 2. The number of hydrogen-bond donors (Lipinski definition) is 0. The molecule has 1 atom stereocenters. The van der Waals surface area contributed by atoms with Crippen molar-refractivity contribution >= 4 is 11.9 Å². The molecule has 39 heavy (non-hydrogen) atoms. The molecule has 0 saturated heterocycles. The molecule has 0 aromatic heterocycles. The Kier molecular flexibility index (Phi) is 12.7. The Morgan fingerprint density at radius 1 is 1.00 bits per heavy atom. The van der Waals surface area contributed by atoms with Crippen LogP contribution in [0.2, 0.25) is 0 Å². The van der Waals surface area contributed by atoms with Gasteiger partial charge in [-0.15, -0.1) is 20.2 Å². The summed E-state index contributed by atoms with van der Waals surface area (Å²) in [4.78, 5) is 56.5. The molecule has 1 aromatic carbocycles. The molecule has 218 valence electrons. The fourth-order valence-electron chi connectivity index (χ4n) is 4.54. The van der Waals surface area contributed by atoms with Crippen LogP contribution in [-0.4, -0.2) is 65.0 Å². The summed E-state index contributed by atoms with van der Waals surface area (Å²) in [5.41, 5.74) is 0.457. The Balaban J connectivity index is 2.12. The third kappa shape index (κ3) is 11.7. The molecule has 0 bridgehead atoms. The fraction of sp³-hybridized carbons (Fsp3) is 0.692. The van der Waals surface area contributed by atoms with Gasteiger partial charge in [0.05, 0.1) is 19.8 Å². The first-order valence-electron chi connectivity index (χ1n) is 13.2. The van der Waals surface area contributed by atoms with Gasteiger partial charge in [0.15, 0.2) is 6.10 Å². The number of hydrogen-bond acceptors (Lipinski definition) is 10. The number of amides is 1. The van der Waals surface area contributed by atoms with Gasteiger partial charge in [-0.05, 0) is 64.0 Å². The first kappa shape index (κ1) is 31.6. The maximum absolute atomic E-state index is 13.1. The molecule has 1 amide bonds. The lowest BCUT2D eigenvalue weighted by atomic mass is 9.97. The third-order valence-corrected chi connectivity index (χ3v) is 6.39. The molecule has 13 nitrogen and oxygen atoms in total. The Morgan fingerprint density at radius 3 is 2.18 bits per heavy atom. The molecule has 0 spiro atoms. The van der Waals surface area contributed by atoms with Gasteiger partial charge in [-0.3, -0.25) is 9.59 Å². The van der Waals surface area contributed by atoms with E-state index in [2.05, 4.69) is 9.68 Å². The Hall–Kier alpha value is -3.64. The SMILES string of the molecule is CC(C)(C)N(CC(COc1ccccc1C1CCCC1)OC(=O)CCCO[N+](=O)[O-])C(=O)CCCO[N+](=O)[O-]. The number of nitrogens with zero attached hydrogens (tertiary/aromatic N) is 3. The zero-order valence-electron chi connectivity index (χ0n) is 22.9. The molecule has 1 fully saturated rings. The van der Waals surface area contributed by atoms with E-state index < -0.39 is 27.8 Å². The highest BCUT2D eigenvalue weighted by atomic mass is 17.0. The highest BCUT2D eigenvalue weighted by Gasteiger charge is 2.31. The molecular formula is C26H39N3O10. The largest absolute Gasteiger partial charge is 0.489 e. The molecule has 0 N–H and O–H groups in total. The van der Waals surface area contributed by atoms with Gasteiger partial charge < -0.3 is 24.0 Å². The van der Waals surface area contributed by atoms with Gasteiger partial charge in [0.1, 0.15) is 12.4 Å². The van der Waals surface area contributed by atoms with Gasteiger partial charge in [0.25, 0.3) is 10.2 Å². The van der Waals surface area contributed by atoms with Crippen molar-refractivity contribution in [1.82, 2.24) is 4.90 Å². The van der Waals surface area contributed by atoms with Crippen LogP contribution in [0.25, 0.3) is 0 Å². The van der Waals surface area contributed by atoms with Gasteiger partial charge in [-0.1, -0.05) is 31.0 Å². The average Bonchev–Trinajstić information content (AvgIpc) is 3.40. The van der Waals surface area contributed by atoms with Crippen molar-refractivity contribution in [2.75, 3.05) is 26.4 Å². The van der Waals surface area contributed by atoms with Crippen molar-refractivity contribution < 1.29 is 38.9 Å². The van der Waals surface area contributed by atoms with Crippen molar-refractivity contribution in [3.63, 3.8) is 0 Å². The van der Waals surface area contributed by atoms with Crippen molar-refractivity contribution in [3.05, 3.63) is 50.1 Å². The number of benzene rings is 1. The minimum atomic E-state index is -0.923. The summed E-state index contributed by atoms with van der Waals surface area (Å²) in [6.45, 7) is 5.08. The van der Waals surface area contributed by atoms with Crippen molar-refractivity contribution in [2.24, 2.45) is 0 Å². The molecule has 0 aliphatic heterocycles. The summed E-state index contributed by atoms with van der Waals surface area (Å²) in [7, 11) is 0. The van der Waals surface area contributed by atoms with Crippen LogP contribution in [0.4, 0.5) is 0 Å². The summed E-state index contributed by atoms with van der Waals surface area (Å²) in [6.07, 6.45) is 3.80. The van der Waals surface area contributed by atoms with E-state index in [0.29, 0.717) is 11.7 Å². The van der Waals surface area contributed by atoms with Crippen molar-refractivity contribution in [3.8, 4) is 5.75 Å². The average molecular weight is 554 g/mol. The molecule has 1 aromatic rings. The topological polar surface area (TPSA) is 161 Å². The van der Waals surface area contributed by atoms with Crippen LogP contribution in [0.15, 0.2) is 24.3 Å². The monoisotopic (exact) mass is 553 g/mol. The lowest BCUT2D eigenvalue weighted by Gasteiger charge is -2.38. The minimum Gasteiger partial charge on any atom is -0.489 e. The molecule has 1 aliphatic rings. The lowest BCUT2D eigenvalue weighted by Crippen LogP contribution is -2.51. The normalized spacial score (nSPS) is 14.3. The second-order valence-electron chi connectivity index (χ2n) is 10.4. The molecule has 0 radical (unpaired) electrons. The number of carbonyl (C=O) groups is 2. The van der Waals surface area contributed by atoms with Crippen LogP contribution < -0.4 is 4.74 Å². The van der Waals surface area contributed by atoms with Crippen LogP contribution in [0.5, 0.6) is 5.75 Å². The van der Waals surface area contributed by atoms with E-state index in [1.165, 1.54) is 0 Å². The predicted octanol–water partition coefficient (Wildman–Crippen LogP) is 4.24. The van der Waals surface area contributed by atoms with E-state index in [0.717, 1.165) is 31.2 Å². The second kappa shape index (κ2) is 15.7. The smallest absolute Gasteiger partial charge is 0.306 e. The van der Waals surface area contributed by atoms with E-state index in [9.17, 15) is 29.8 Å². The van der Waals surface area contributed by atoms with Crippen LogP contribution in [0, 0.1) is 20.2 Å². The van der Waals surface area contributed by atoms with Crippen LogP contribution in [0.1, 0.15) is 83.6 Å². The van der Waals surface area contributed by atoms with E-state index in [-0.39, 0.29) is 58.0 Å². The van der Waals surface area contributed by atoms with E-state index >= 15 is 0 Å². The summed E-state index contributed by atoms with van der Waals surface area (Å²) in [6, 6.07) is 7.76. The van der Waals surface area contributed by atoms with Gasteiger partial charge >= 0.3 is 5.97 Å². The van der Waals surface area contributed by atoms with Crippen LogP contribution in [-0.2, 0) is 24.0 Å². The maximum Gasteiger partial charge on any atom is 0.306 e. The minimum absolute atomic E-state index is 0.00876. The van der Waals surface area contributed by atoms with E-state index in [4.69, 9.17) is 9.47 Å². The summed E-state index contributed by atoms with van der Waals surface area (Å²) < 4.78 is 11.8. The maximum atomic E-state index is 13.1. The Morgan fingerprint density at radius 2 is 1.59 bits per heavy atom. The second-order valence-corrected chi connectivity index (χ2v) is 10.4. The Bertz CT molecular complexity index is 960. The van der Waals surface area contributed by atoms with E-state index in [1.54, 1.807) is 4.90 Å². The fourth-order valence-corrected chi connectivity index (χ4v) is 4.54. The summed E-state index contributed by atoms with van der Waals surface area (Å²) in [5.74, 6) is 0.231. The predicted molar refractivity (Wildman–Crippen MR) is 139 cm³/mol.